The van der Waals surface area contributed by atoms with E-state index in [0.29, 0.717) is 5.75 Å². The van der Waals surface area contributed by atoms with Gasteiger partial charge >= 0.3 is 12.1 Å². The second kappa shape index (κ2) is 14.4. The summed E-state index contributed by atoms with van der Waals surface area (Å²) >= 11 is 3.51. The molecule has 2 aromatic rings. The molecule has 0 N–H and O–H groups in total. The number of amides is 2. The van der Waals surface area contributed by atoms with Gasteiger partial charge in [0, 0.05) is 23.6 Å². The molecule has 0 fully saturated rings. The number of rotatable bonds is 11. The first-order chi connectivity index (χ1) is 17.5. The maximum Gasteiger partial charge on any atom is 0.411 e. The average Bonchev–Trinajstić information content (AvgIpc) is 2.83. The Hall–Kier alpha value is -3.33. The number of carbonyl (C=O) groups excluding carboxylic acids is 3. The van der Waals surface area contributed by atoms with Gasteiger partial charge in [-0.1, -0.05) is 52.3 Å². The number of hydrogen-bond acceptors (Lipinski definition) is 6. The summed E-state index contributed by atoms with van der Waals surface area (Å²) in [6.45, 7) is 7.71. The highest BCUT2D eigenvalue weighted by atomic mass is 79.9. The van der Waals surface area contributed by atoms with Crippen molar-refractivity contribution in [1.29, 1.82) is 0 Å². The molecule has 8 nitrogen and oxygen atoms in total. The van der Waals surface area contributed by atoms with Crippen LogP contribution in [0.3, 0.4) is 0 Å². The maximum absolute atomic E-state index is 13.5. The summed E-state index contributed by atoms with van der Waals surface area (Å²) in [5.74, 6) is -0.0840. The molecule has 37 heavy (non-hydrogen) atoms. The van der Waals surface area contributed by atoms with E-state index in [2.05, 4.69) is 15.9 Å². The Kier molecular flexibility index (Phi) is 11.7. The number of esters is 1. The summed E-state index contributed by atoms with van der Waals surface area (Å²) in [6.07, 6.45) is 2.28. The van der Waals surface area contributed by atoms with Crippen LogP contribution < -0.4 is 4.74 Å². The minimum absolute atomic E-state index is 0.154. The highest BCUT2D eigenvalue weighted by Crippen LogP contribution is 2.20. The lowest BCUT2D eigenvalue weighted by Crippen LogP contribution is -2.44. The zero-order chi connectivity index (χ0) is 27.4. The molecule has 2 amide bonds. The predicted molar refractivity (Wildman–Crippen MR) is 145 cm³/mol. The van der Waals surface area contributed by atoms with Crippen molar-refractivity contribution in [2.24, 2.45) is 0 Å². The lowest BCUT2D eigenvalue weighted by molar-refractivity contribution is -0.137. The van der Waals surface area contributed by atoms with Gasteiger partial charge in [0.2, 0.25) is 5.91 Å². The molecule has 0 unspecified atom stereocenters. The number of benzene rings is 2. The van der Waals surface area contributed by atoms with E-state index in [9.17, 15) is 14.4 Å². The summed E-state index contributed by atoms with van der Waals surface area (Å²) < 4.78 is 16.6. The van der Waals surface area contributed by atoms with E-state index in [0.717, 1.165) is 15.6 Å². The molecule has 0 radical (unpaired) electrons. The summed E-state index contributed by atoms with van der Waals surface area (Å²) in [6, 6.07) is 14.8. The van der Waals surface area contributed by atoms with E-state index in [4.69, 9.17) is 14.2 Å². The standard InChI is InChI=1S/C28H35BrN2O6/c1-6-36-26(33)12-9-17-30(18-21-13-15-23(35-5)16-14-21)25(32)20-31(27(34)37-28(2,3)4)19-22-10-7-8-11-24(22)29/h7-16H,6,17-20H2,1-5H3/b12-9+. The number of halogens is 1. The lowest BCUT2D eigenvalue weighted by Gasteiger charge is -2.30. The first-order valence-electron chi connectivity index (χ1n) is 12.0. The third-order valence-corrected chi connectivity index (χ3v) is 5.82. The van der Waals surface area contributed by atoms with Gasteiger partial charge in [0.05, 0.1) is 20.3 Å². The quantitative estimate of drug-likeness (QED) is 0.266. The van der Waals surface area contributed by atoms with Crippen LogP contribution in [0.5, 0.6) is 5.75 Å². The Balaban J connectivity index is 2.28. The fourth-order valence-corrected chi connectivity index (χ4v) is 3.69. The van der Waals surface area contributed by atoms with Crippen LogP contribution in [0.4, 0.5) is 4.79 Å². The van der Waals surface area contributed by atoms with Gasteiger partial charge < -0.3 is 19.1 Å². The normalized spacial score (nSPS) is 11.2. The van der Waals surface area contributed by atoms with Gasteiger partial charge in [-0.15, -0.1) is 0 Å². The second-order valence-electron chi connectivity index (χ2n) is 9.20. The molecule has 9 heteroatoms. The lowest BCUT2D eigenvalue weighted by atomic mass is 10.2. The minimum Gasteiger partial charge on any atom is -0.497 e. The Morgan fingerprint density at radius 3 is 2.24 bits per heavy atom. The average molecular weight is 576 g/mol. The van der Waals surface area contributed by atoms with Crippen LogP contribution in [0, 0.1) is 0 Å². The molecule has 0 aromatic heterocycles. The molecule has 0 aliphatic rings. The number of methoxy groups -OCH3 is 1. The fourth-order valence-electron chi connectivity index (χ4n) is 3.28. The molecule has 0 heterocycles. The van der Waals surface area contributed by atoms with Gasteiger partial charge in [-0.05, 0) is 57.0 Å². The second-order valence-corrected chi connectivity index (χ2v) is 10.1. The molecule has 0 spiro atoms. The van der Waals surface area contributed by atoms with Crippen LogP contribution in [-0.4, -0.2) is 60.2 Å². The highest BCUT2D eigenvalue weighted by Gasteiger charge is 2.26. The van der Waals surface area contributed by atoms with E-state index in [1.165, 1.54) is 11.0 Å². The Morgan fingerprint density at radius 1 is 0.973 bits per heavy atom. The highest BCUT2D eigenvalue weighted by molar-refractivity contribution is 9.10. The molecule has 0 aliphatic carbocycles. The van der Waals surface area contributed by atoms with Crippen LogP contribution in [-0.2, 0) is 32.2 Å². The zero-order valence-corrected chi connectivity index (χ0v) is 23.6. The van der Waals surface area contributed by atoms with E-state index in [1.54, 1.807) is 45.8 Å². The van der Waals surface area contributed by atoms with Crippen molar-refractivity contribution in [2.75, 3.05) is 26.8 Å². The van der Waals surface area contributed by atoms with Gasteiger partial charge in [-0.3, -0.25) is 9.69 Å². The van der Waals surface area contributed by atoms with Crippen LogP contribution in [0.1, 0.15) is 38.8 Å². The molecule has 0 aliphatic heterocycles. The topological polar surface area (TPSA) is 85.4 Å². The van der Waals surface area contributed by atoms with Crippen molar-refractivity contribution in [3.63, 3.8) is 0 Å². The predicted octanol–water partition coefficient (Wildman–Crippen LogP) is 5.34. The first kappa shape index (κ1) is 29.9. The molecule has 2 aromatic carbocycles. The Labute approximate surface area is 227 Å². The Bertz CT molecular complexity index is 1080. The largest absolute Gasteiger partial charge is 0.497 e. The first-order valence-corrected chi connectivity index (χ1v) is 12.8. The van der Waals surface area contributed by atoms with Crippen LogP contribution >= 0.6 is 15.9 Å². The molecule has 0 atom stereocenters. The molecule has 0 saturated carbocycles. The number of carbonyl (C=O) groups is 3. The fraction of sp³-hybridized carbons (Fsp3) is 0.393. The van der Waals surface area contributed by atoms with E-state index < -0.39 is 17.7 Å². The zero-order valence-electron chi connectivity index (χ0n) is 22.0. The van der Waals surface area contributed by atoms with Gasteiger partial charge in [0.15, 0.2) is 0 Å². The molecule has 200 valence electrons. The SMILES string of the molecule is CCOC(=O)/C=C/CN(Cc1ccc(OC)cc1)C(=O)CN(Cc1ccccc1Br)C(=O)OC(C)(C)C. The number of ether oxygens (including phenoxy) is 3. The summed E-state index contributed by atoms with van der Waals surface area (Å²) in [7, 11) is 1.58. The van der Waals surface area contributed by atoms with Crippen LogP contribution in [0.15, 0.2) is 65.2 Å². The van der Waals surface area contributed by atoms with Crippen molar-refractivity contribution >= 4 is 33.9 Å². The van der Waals surface area contributed by atoms with Gasteiger partial charge in [0.25, 0.3) is 0 Å². The van der Waals surface area contributed by atoms with Gasteiger partial charge in [-0.2, -0.15) is 0 Å². The van der Waals surface area contributed by atoms with Gasteiger partial charge in [0.1, 0.15) is 17.9 Å². The molecule has 0 bridgehead atoms. The van der Waals surface area contributed by atoms with Gasteiger partial charge in [-0.25, -0.2) is 9.59 Å². The van der Waals surface area contributed by atoms with Crippen molar-refractivity contribution in [3.8, 4) is 5.75 Å². The third-order valence-electron chi connectivity index (χ3n) is 5.05. The summed E-state index contributed by atoms with van der Waals surface area (Å²) in [4.78, 5) is 41.3. The summed E-state index contributed by atoms with van der Waals surface area (Å²) in [5.41, 5.74) is 0.982. The van der Waals surface area contributed by atoms with Crippen molar-refractivity contribution < 1.29 is 28.6 Å². The molecular weight excluding hydrogens is 540 g/mol. The molecule has 2 rings (SSSR count). The van der Waals surface area contributed by atoms with Crippen molar-refractivity contribution in [3.05, 3.63) is 76.3 Å². The summed E-state index contributed by atoms with van der Waals surface area (Å²) in [5, 5.41) is 0. The minimum atomic E-state index is -0.725. The van der Waals surface area contributed by atoms with Crippen LogP contribution in [0.25, 0.3) is 0 Å². The van der Waals surface area contributed by atoms with E-state index in [-0.39, 0.29) is 38.7 Å². The van der Waals surface area contributed by atoms with E-state index in [1.807, 2.05) is 48.5 Å². The third kappa shape index (κ3) is 10.7. The maximum atomic E-state index is 13.5. The number of nitrogens with zero attached hydrogens (tertiary/aromatic N) is 2. The Morgan fingerprint density at radius 2 is 1.65 bits per heavy atom. The number of hydrogen-bond donors (Lipinski definition) is 0. The monoisotopic (exact) mass is 574 g/mol. The molecule has 0 saturated heterocycles. The van der Waals surface area contributed by atoms with E-state index >= 15 is 0 Å². The van der Waals surface area contributed by atoms with Crippen molar-refractivity contribution in [1.82, 2.24) is 9.80 Å². The van der Waals surface area contributed by atoms with Crippen molar-refractivity contribution in [2.45, 2.75) is 46.4 Å². The molecular formula is C28H35BrN2O6. The smallest absolute Gasteiger partial charge is 0.411 e. The van der Waals surface area contributed by atoms with Crippen LogP contribution in [0.2, 0.25) is 0 Å².